The fourth-order valence-electron chi connectivity index (χ4n) is 2.26. The van der Waals surface area contributed by atoms with Crippen LogP contribution in [0.15, 0.2) is 16.9 Å². The molecule has 1 fully saturated rings. The molecule has 1 aromatic rings. The van der Waals surface area contributed by atoms with Crippen molar-refractivity contribution in [2.75, 3.05) is 32.7 Å². The molecule has 1 aliphatic heterocycles. The van der Waals surface area contributed by atoms with E-state index in [1.54, 1.807) is 13.0 Å². The van der Waals surface area contributed by atoms with E-state index in [9.17, 15) is 9.59 Å². The van der Waals surface area contributed by atoms with Crippen LogP contribution in [0.5, 0.6) is 0 Å². The number of aromatic nitrogens is 1. The second kappa shape index (κ2) is 5.35. The van der Waals surface area contributed by atoms with Gasteiger partial charge in [-0.3, -0.25) is 9.59 Å². The highest BCUT2D eigenvalue weighted by Crippen LogP contribution is 2.08. The van der Waals surface area contributed by atoms with E-state index in [-0.39, 0.29) is 11.5 Å². The van der Waals surface area contributed by atoms with Crippen LogP contribution in [-0.4, -0.2) is 53.4 Å². The van der Waals surface area contributed by atoms with E-state index in [1.807, 2.05) is 4.90 Å². The number of nitrogens with zero attached hydrogens (tertiary/aromatic N) is 2. The number of hydrogen-bond acceptors (Lipinski definition) is 3. The molecular weight excluding hydrogens is 230 g/mol. The maximum atomic E-state index is 12.3. The van der Waals surface area contributed by atoms with Crippen LogP contribution in [0.3, 0.4) is 0 Å². The molecule has 0 bridgehead atoms. The molecule has 1 aromatic heterocycles. The van der Waals surface area contributed by atoms with Gasteiger partial charge in [-0.25, -0.2) is 0 Å². The zero-order chi connectivity index (χ0) is 13.1. The molecule has 1 aliphatic rings. The van der Waals surface area contributed by atoms with Gasteiger partial charge in [0.05, 0.1) is 0 Å². The molecule has 98 valence electrons. The van der Waals surface area contributed by atoms with E-state index >= 15 is 0 Å². The number of aryl methyl sites for hydroxylation is 1. The van der Waals surface area contributed by atoms with Gasteiger partial charge in [-0.1, -0.05) is 6.92 Å². The van der Waals surface area contributed by atoms with Crippen LogP contribution in [0.1, 0.15) is 23.0 Å². The lowest BCUT2D eigenvalue weighted by molar-refractivity contribution is 0.0643. The summed E-state index contributed by atoms with van der Waals surface area (Å²) in [5, 5.41) is 0. The summed E-state index contributed by atoms with van der Waals surface area (Å²) in [7, 11) is 0. The number of carbonyl (C=O) groups excluding carboxylic acids is 1. The van der Waals surface area contributed by atoms with Crippen LogP contribution in [0.2, 0.25) is 0 Å². The first-order valence-electron chi connectivity index (χ1n) is 6.32. The predicted molar refractivity (Wildman–Crippen MR) is 69.8 cm³/mol. The maximum Gasteiger partial charge on any atom is 0.254 e. The smallest absolute Gasteiger partial charge is 0.254 e. The van der Waals surface area contributed by atoms with Gasteiger partial charge in [-0.05, 0) is 19.5 Å². The molecule has 0 unspecified atom stereocenters. The SMILES string of the molecule is CCN1CCN(C(=O)c2cc(C)[nH]c(=O)c2)CC1. The number of H-pyrrole nitrogens is 1. The number of hydrogen-bond donors (Lipinski definition) is 1. The number of pyridine rings is 1. The Morgan fingerprint density at radius 1 is 1.28 bits per heavy atom. The van der Waals surface area contributed by atoms with Crippen LogP contribution in [0, 0.1) is 6.92 Å². The Morgan fingerprint density at radius 3 is 2.50 bits per heavy atom. The monoisotopic (exact) mass is 249 g/mol. The second-order valence-corrected chi connectivity index (χ2v) is 4.64. The van der Waals surface area contributed by atoms with Crippen LogP contribution < -0.4 is 5.56 Å². The Balaban J connectivity index is 2.10. The highest BCUT2D eigenvalue weighted by molar-refractivity contribution is 5.94. The van der Waals surface area contributed by atoms with E-state index in [0.29, 0.717) is 5.56 Å². The minimum Gasteiger partial charge on any atom is -0.336 e. The summed E-state index contributed by atoms with van der Waals surface area (Å²) >= 11 is 0. The molecule has 0 aliphatic carbocycles. The largest absolute Gasteiger partial charge is 0.336 e. The van der Waals surface area contributed by atoms with Crippen LogP contribution >= 0.6 is 0 Å². The van der Waals surface area contributed by atoms with Crippen LogP contribution in [0.4, 0.5) is 0 Å². The minimum atomic E-state index is -0.217. The van der Waals surface area contributed by atoms with Crippen molar-refractivity contribution < 1.29 is 4.79 Å². The number of aromatic amines is 1. The lowest BCUT2D eigenvalue weighted by atomic mass is 10.2. The first-order valence-corrected chi connectivity index (χ1v) is 6.32. The van der Waals surface area contributed by atoms with Crippen molar-refractivity contribution in [3.8, 4) is 0 Å². The van der Waals surface area contributed by atoms with Crippen LogP contribution in [0.25, 0.3) is 0 Å². The average molecular weight is 249 g/mol. The Hall–Kier alpha value is -1.62. The van der Waals surface area contributed by atoms with Crippen molar-refractivity contribution >= 4 is 5.91 Å². The molecule has 5 nitrogen and oxygen atoms in total. The molecule has 5 heteroatoms. The minimum absolute atomic E-state index is 0.0417. The molecule has 0 saturated carbocycles. The van der Waals surface area contributed by atoms with Gasteiger partial charge in [0.1, 0.15) is 0 Å². The molecule has 1 amide bonds. The zero-order valence-corrected chi connectivity index (χ0v) is 10.9. The molecule has 2 rings (SSSR count). The number of amides is 1. The molecule has 0 aromatic carbocycles. The number of piperazine rings is 1. The van der Waals surface area contributed by atoms with Gasteiger partial charge < -0.3 is 14.8 Å². The average Bonchev–Trinajstić information content (AvgIpc) is 2.37. The van der Waals surface area contributed by atoms with Gasteiger partial charge in [-0.15, -0.1) is 0 Å². The first kappa shape index (κ1) is 12.8. The van der Waals surface area contributed by atoms with Crippen LogP contribution in [-0.2, 0) is 0 Å². The summed E-state index contributed by atoms with van der Waals surface area (Å²) in [5.74, 6) is -0.0417. The Bertz CT molecular complexity index is 487. The Kier molecular flexibility index (Phi) is 3.81. The number of carbonyl (C=O) groups is 1. The fourth-order valence-corrected chi connectivity index (χ4v) is 2.26. The third-order valence-corrected chi connectivity index (χ3v) is 3.33. The van der Waals surface area contributed by atoms with Crippen molar-refractivity contribution in [2.45, 2.75) is 13.8 Å². The highest BCUT2D eigenvalue weighted by atomic mass is 16.2. The van der Waals surface area contributed by atoms with Crippen molar-refractivity contribution in [3.63, 3.8) is 0 Å². The predicted octanol–water partition coefficient (Wildman–Crippen LogP) is 0.461. The summed E-state index contributed by atoms with van der Waals surface area (Å²) in [6.07, 6.45) is 0. The highest BCUT2D eigenvalue weighted by Gasteiger charge is 2.21. The van der Waals surface area contributed by atoms with E-state index < -0.39 is 0 Å². The van der Waals surface area contributed by atoms with Gasteiger partial charge in [0, 0.05) is 43.5 Å². The number of nitrogens with one attached hydrogen (secondary N) is 1. The van der Waals surface area contributed by atoms with Gasteiger partial charge in [0.2, 0.25) is 5.56 Å². The zero-order valence-electron chi connectivity index (χ0n) is 10.9. The van der Waals surface area contributed by atoms with Gasteiger partial charge >= 0.3 is 0 Å². The molecule has 0 atom stereocenters. The van der Waals surface area contributed by atoms with Crippen molar-refractivity contribution in [2.24, 2.45) is 0 Å². The quantitative estimate of drug-likeness (QED) is 0.828. The van der Waals surface area contributed by atoms with Crippen molar-refractivity contribution in [1.29, 1.82) is 0 Å². The molecule has 1 N–H and O–H groups in total. The number of likely N-dealkylation sites (N-methyl/N-ethyl adjacent to an activating group) is 1. The third-order valence-electron chi connectivity index (χ3n) is 3.33. The van der Waals surface area contributed by atoms with E-state index in [2.05, 4.69) is 16.8 Å². The normalized spacial score (nSPS) is 16.9. The first-order chi connectivity index (χ1) is 8.60. The topological polar surface area (TPSA) is 56.4 Å². The van der Waals surface area contributed by atoms with Crippen molar-refractivity contribution in [3.05, 3.63) is 33.7 Å². The lowest BCUT2D eigenvalue weighted by Gasteiger charge is -2.34. The number of rotatable bonds is 2. The molecule has 1 saturated heterocycles. The molecular formula is C13H19N3O2. The van der Waals surface area contributed by atoms with E-state index in [0.717, 1.165) is 38.4 Å². The van der Waals surface area contributed by atoms with Gasteiger partial charge in [0.25, 0.3) is 5.91 Å². The van der Waals surface area contributed by atoms with Crippen molar-refractivity contribution in [1.82, 2.24) is 14.8 Å². The second-order valence-electron chi connectivity index (χ2n) is 4.64. The summed E-state index contributed by atoms with van der Waals surface area (Å²) < 4.78 is 0. The van der Waals surface area contributed by atoms with E-state index in [4.69, 9.17) is 0 Å². The standard InChI is InChI=1S/C13H19N3O2/c1-3-15-4-6-16(7-5-15)13(18)11-8-10(2)14-12(17)9-11/h8-9H,3-7H2,1-2H3,(H,14,17). The summed E-state index contributed by atoms with van der Waals surface area (Å²) in [4.78, 5) is 30.4. The fraction of sp³-hybridized carbons (Fsp3) is 0.538. The van der Waals surface area contributed by atoms with Gasteiger partial charge in [-0.2, -0.15) is 0 Å². The Morgan fingerprint density at radius 2 is 1.94 bits per heavy atom. The molecule has 2 heterocycles. The summed E-state index contributed by atoms with van der Waals surface area (Å²) in [5.41, 5.74) is 0.991. The van der Waals surface area contributed by atoms with E-state index in [1.165, 1.54) is 6.07 Å². The molecule has 18 heavy (non-hydrogen) atoms. The Labute approximate surface area is 106 Å². The lowest BCUT2D eigenvalue weighted by Crippen LogP contribution is -2.48. The maximum absolute atomic E-state index is 12.3. The third kappa shape index (κ3) is 2.79. The molecule has 0 radical (unpaired) electrons. The summed E-state index contributed by atoms with van der Waals surface area (Å²) in [6.45, 7) is 8.21. The molecule has 0 spiro atoms. The van der Waals surface area contributed by atoms with Gasteiger partial charge in [0.15, 0.2) is 0 Å². The summed E-state index contributed by atoms with van der Waals surface area (Å²) in [6, 6.07) is 3.11.